The SMILES string of the molecule is Cn1cc(CC(=O)N2CCC(Cn3cnccc3=O)CC2)c2ccccc21. The van der Waals surface area contributed by atoms with Gasteiger partial charge in [0, 0.05) is 56.0 Å². The van der Waals surface area contributed by atoms with Gasteiger partial charge in [-0.25, -0.2) is 4.98 Å². The number of hydrogen-bond acceptors (Lipinski definition) is 3. The predicted molar refractivity (Wildman–Crippen MR) is 104 cm³/mol. The van der Waals surface area contributed by atoms with Crippen molar-refractivity contribution in [3.8, 4) is 0 Å². The molecule has 0 radical (unpaired) electrons. The Morgan fingerprint density at radius 3 is 2.74 bits per heavy atom. The maximum absolute atomic E-state index is 12.8. The van der Waals surface area contributed by atoms with E-state index in [4.69, 9.17) is 0 Å². The minimum atomic E-state index is -0.0144. The lowest BCUT2D eigenvalue weighted by molar-refractivity contribution is -0.131. The van der Waals surface area contributed by atoms with Crippen LogP contribution in [0.2, 0.25) is 0 Å². The van der Waals surface area contributed by atoms with Crippen molar-refractivity contribution in [3.63, 3.8) is 0 Å². The maximum Gasteiger partial charge on any atom is 0.253 e. The molecule has 27 heavy (non-hydrogen) atoms. The van der Waals surface area contributed by atoms with Crippen molar-refractivity contribution >= 4 is 16.8 Å². The van der Waals surface area contributed by atoms with Crippen molar-refractivity contribution in [2.24, 2.45) is 13.0 Å². The molecule has 0 atom stereocenters. The molecule has 1 aromatic carbocycles. The lowest BCUT2D eigenvalue weighted by Crippen LogP contribution is -2.40. The molecule has 0 spiro atoms. The van der Waals surface area contributed by atoms with Gasteiger partial charge in [-0.15, -0.1) is 0 Å². The second-order valence-corrected chi connectivity index (χ2v) is 7.35. The smallest absolute Gasteiger partial charge is 0.253 e. The molecule has 1 saturated heterocycles. The fourth-order valence-corrected chi connectivity index (χ4v) is 4.00. The van der Waals surface area contributed by atoms with Crippen molar-refractivity contribution in [2.75, 3.05) is 13.1 Å². The highest BCUT2D eigenvalue weighted by Gasteiger charge is 2.24. The fourth-order valence-electron chi connectivity index (χ4n) is 4.00. The summed E-state index contributed by atoms with van der Waals surface area (Å²) in [7, 11) is 2.02. The Kier molecular flexibility index (Phi) is 4.79. The van der Waals surface area contributed by atoms with Gasteiger partial charge < -0.3 is 9.47 Å². The van der Waals surface area contributed by atoms with Crippen LogP contribution in [0.4, 0.5) is 0 Å². The Morgan fingerprint density at radius 2 is 1.96 bits per heavy atom. The second-order valence-electron chi connectivity index (χ2n) is 7.35. The number of likely N-dealkylation sites (tertiary alicyclic amines) is 1. The minimum absolute atomic E-state index is 0.0144. The fraction of sp³-hybridized carbons (Fsp3) is 0.381. The lowest BCUT2D eigenvalue weighted by atomic mass is 9.96. The van der Waals surface area contributed by atoms with Crippen molar-refractivity contribution in [1.29, 1.82) is 0 Å². The van der Waals surface area contributed by atoms with E-state index in [2.05, 4.69) is 27.9 Å². The van der Waals surface area contributed by atoms with Crippen LogP contribution in [0.15, 0.2) is 53.8 Å². The number of rotatable bonds is 4. The monoisotopic (exact) mass is 364 g/mol. The molecule has 2 aromatic heterocycles. The first-order chi connectivity index (χ1) is 13.1. The summed E-state index contributed by atoms with van der Waals surface area (Å²) in [4.78, 5) is 30.6. The molecule has 3 aromatic rings. The van der Waals surface area contributed by atoms with Crippen molar-refractivity contribution in [1.82, 2.24) is 19.0 Å². The van der Waals surface area contributed by atoms with Crippen LogP contribution in [0.1, 0.15) is 18.4 Å². The van der Waals surface area contributed by atoms with Gasteiger partial charge >= 0.3 is 0 Å². The average Bonchev–Trinajstić information content (AvgIpc) is 3.00. The van der Waals surface area contributed by atoms with Crippen molar-refractivity contribution in [3.05, 3.63) is 65.0 Å². The zero-order valence-corrected chi connectivity index (χ0v) is 15.5. The number of aryl methyl sites for hydroxylation is 1. The zero-order valence-electron chi connectivity index (χ0n) is 15.5. The third-order valence-electron chi connectivity index (χ3n) is 5.54. The molecular weight excluding hydrogens is 340 g/mol. The Bertz CT molecular complexity index is 1010. The van der Waals surface area contributed by atoms with Crippen LogP contribution in [-0.2, 0) is 24.8 Å². The van der Waals surface area contributed by atoms with E-state index in [1.54, 1.807) is 10.9 Å². The molecule has 0 aliphatic carbocycles. The second kappa shape index (κ2) is 7.39. The first-order valence-corrected chi connectivity index (χ1v) is 9.43. The van der Waals surface area contributed by atoms with E-state index in [0.717, 1.165) is 42.4 Å². The summed E-state index contributed by atoms with van der Waals surface area (Å²) in [5.41, 5.74) is 2.22. The Morgan fingerprint density at radius 1 is 1.19 bits per heavy atom. The molecule has 1 aliphatic rings. The number of benzene rings is 1. The Labute approximate surface area is 158 Å². The minimum Gasteiger partial charge on any atom is -0.350 e. The number of carbonyl (C=O) groups is 1. The molecule has 0 bridgehead atoms. The van der Waals surface area contributed by atoms with Crippen LogP contribution >= 0.6 is 0 Å². The molecule has 6 nitrogen and oxygen atoms in total. The number of piperidine rings is 1. The van der Waals surface area contributed by atoms with Crippen molar-refractivity contribution in [2.45, 2.75) is 25.8 Å². The summed E-state index contributed by atoms with van der Waals surface area (Å²) in [5.74, 6) is 0.594. The number of nitrogens with zero attached hydrogens (tertiary/aromatic N) is 4. The first kappa shape index (κ1) is 17.5. The molecule has 1 fully saturated rings. The van der Waals surface area contributed by atoms with Gasteiger partial charge in [0.2, 0.25) is 5.91 Å². The van der Waals surface area contributed by atoms with Gasteiger partial charge in [0.05, 0.1) is 12.7 Å². The number of aromatic nitrogens is 3. The summed E-state index contributed by atoms with van der Waals surface area (Å²) < 4.78 is 3.74. The number of fused-ring (bicyclic) bond motifs is 1. The van der Waals surface area contributed by atoms with Gasteiger partial charge in [-0.1, -0.05) is 18.2 Å². The van der Waals surface area contributed by atoms with E-state index in [-0.39, 0.29) is 11.5 Å². The zero-order chi connectivity index (χ0) is 18.8. The van der Waals surface area contributed by atoms with Gasteiger partial charge in [-0.05, 0) is 30.4 Å². The van der Waals surface area contributed by atoms with Gasteiger partial charge in [-0.3, -0.25) is 14.2 Å². The summed E-state index contributed by atoms with van der Waals surface area (Å²) >= 11 is 0. The molecule has 140 valence electrons. The molecule has 0 unspecified atom stereocenters. The lowest BCUT2D eigenvalue weighted by Gasteiger charge is -2.32. The molecule has 6 heteroatoms. The quantitative estimate of drug-likeness (QED) is 0.713. The molecule has 1 amide bonds. The van der Waals surface area contributed by atoms with E-state index >= 15 is 0 Å². The number of carbonyl (C=O) groups excluding carboxylic acids is 1. The summed E-state index contributed by atoms with van der Waals surface area (Å²) in [6, 6.07) is 9.68. The van der Waals surface area contributed by atoms with Gasteiger partial charge in [0.25, 0.3) is 5.56 Å². The number of hydrogen-bond donors (Lipinski definition) is 0. The molecular formula is C21H24N4O2. The molecule has 0 saturated carbocycles. The van der Waals surface area contributed by atoms with Crippen LogP contribution in [0.5, 0.6) is 0 Å². The van der Waals surface area contributed by atoms with E-state index in [1.807, 2.05) is 24.1 Å². The van der Waals surface area contributed by atoms with Crippen molar-refractivity contribution < 1.29 is 4.79 Å². The van der Waals surface area contributed by atoms with Gasteiger partial charge in [0.15, 0.2) is 0 Å². The maximum atomic E-state index is 12.8. The topological polar surface area (TPSA) is 60.1 Å². The largest absolute Gasteiger partial charge is 0.350 e. The number of amides is 1. The van der Waals surface area contributed by atoms with Crippen LogP contribution in [0.25, 0.3) is 10.9 Å². The van der Waals surface area contributed by atoms with Crippen LogP contribution < -0.4 is 5.56 Å². The highest BCUT2D eigenvalue weighted by Crippen LogP contribution is 2.23. The highest BCUT2D eigenvalue weighted by atomic mass is 16.2. The summed E-state index contributed by atoms with van der Waals surface area (Å²) in [6.45, 7) is 2.19. The average molecular weight is 364 g/mol. The third-order valence-corrected chi connectivity index (χ3v) is 5.54. The Hall–Kier alpha value is -2.89. The number of para-hydroxylation sites is 1. The van der Waals surface area contributed by atoms with E-state index < -0.39 is 0 Å². The van der Waals surface area contributed by atoms with Crippen LogP contribution in [0, 0.1) is 5.92 Å². The highest BCUT2D eigenvalue weighted by molar-refractivity contribution is 5.89. The predicted octanol–water partition coefficient (Wildman–Crippen LogP) is 2.22. The first-order valence-electron chi connectivity index (χ1n) is 9.43. The molecule has 1 aliphatic heterocycles. The van der Waals surface area contributed by atoms with E-state index in [0.29, 0.717) is 18.9 Å². The van der Waals surface area contributed by atoms with E-state index in [1.165, 1.54) is 12.3 Å². The standard InChI is InChI=1S/C21H24N4O2/c1-23-14-17(18-4-2-3-5-19(18)23)12-21(27)24-10-7-16(8-11-24)13-25-15-22-9-6-20(25)26/h2-6,9,14-16H,7-8,10-13H2,1H3. The van der Waals surface area contributed by atoms with E-state index in [9.17, 15) is 9.59 Å². The molecule has 4 rings (SSSR count). The summed E-state index contributed by atoms with van der Waals surface area (Å²) in [5, 5.41) is 1.15. The third kappa shape index (κ3) is 3.65. The summed E-state index contributed by atoms with van der Waals surface area (Å²) in [6.07, 6.45) is 7.46. The molecule has 0 N–H and O–H groups in total. The molecule has 3 heterocycles. The van der Waals surface area contributed by atoms with Crippen LogP contribution in [-0.4, -0.2) is 38.0 Å². The van der Waals surface area contributed by atoms with Gasteiger partial charge in [-0.2, -0.15) is 0 Å². The normalized spacial score (nSPS) is 15.4. The van der Waals surface area contributed by atoms with Gasteiger partial charge in [0.1, 0.15) is 0 Å². The Balaban J connectivity index is 1.37. The van der Waals surface area contributed by atoms with Crippen LogP contribution in [0.3, 0.4) is 0 Å².